The van der Waals surface area contributed by atoms with Crippen molar-refractivity contribution in [2.75, 3.05) is 5.32 Å². The largest absolute Gasteiger partial charge is 0.425 e. The van der Waals surface area contributed by atoms with Gasteiger partial charge in [0.1, 0.15) is 0 Å². The predicted molar refractivity (Wildman–Crippen MR) is 91.4 cm³/mol. The molecule has 1 aromatic carbocycles. The van der Waals surface area contributed by atoms with Crippen LogP contribution in [0.5, 0.6) is 0 Å². The molecule has 2 aromatic heterocycles. The van der Waals surface area contributed by atoms with Crippen molar-refractivity contribution < 1.29 is 9.21 Å². The fourth-order valence-corrected chi connectivity index (χ4v) is 2.54. The van der Waals surface area contributed by atoms with E-state index in [2.05, 4.69) is 22.3 Å². The molecule has 0 bridgehead atoms. The van der Waals surface area contributed by atoms with Gasteiger partial charge in [0.05, 0.1) is 29.3 Å². The third kappa shape index (κ3) is 3.22. The zero-order chi connectivity index (χ0) is 16.9. The van der Waals surface area contributed by atoms with Crippen LogP contribution in [0.25, 0.3) is 5.69 Å². The van der Waals surface area contributed by atoms with E-state index in [-0.39, 0.29) is 5.91 Å². The minimum Gasteiger partial charge on any atom is -0.425 e. The van der Waals surface area contributed by atoms with Gasteiger partial charge in [-0.3, -0.25) is 10.1 Å². The number of rotatable bonds is 6. The molecule has 0 aliphatic heterocycles. The summed E-state index contributed by atoms with van der Waals surface area (Å²) in [4.78, 5) is 16.7. The number of anilines is 1. The van der Waals surface area contributed by atoms with Gasteiger partial charge in [-0.1, -0.05) is 38.5 Å². The maximum atomic E-state index is 12.6. The molecule has 0 saturated carbocycles. The highest BCUT2D eigenvalue weighted by atomic mass is 16.4. The Labute approximate surface area is 140 Å². The van der Waals surface area contributed by atoms with Crippen LogP contribution in [0.2, 0.25) is 0 Å². The van der Waals surface area contributed by atoms with Gasteiger partial charge < -0.3 is 4.42 Å². The molecule has 1 N–H and O–H groups in total. The van der Waals surface area contributed by atoms with E-state index >= 15 is 0 Å². The number of nitrogens with zero attached hydrogens (tertiary/aromatic N) is 3. The molecule has 6 nitrogen and oxygen atoms in total. The standard InChI is InChI=1S/C18H20N4O2/c1-3-8-15-14(11-20-22(15)13-9-6-5-7-10-13)18(23)21-17-12-19-16(4-2)24-17/h5-7,9-12H,3-4,8H2,1-2H3,(H,21,23). The smallest absolute Gasteiger partial charge is 0.261 e. The number of nitrogens with one attached hydrogen (secondary N) is 1. The summed E-state index contributed by atoms with van der Waals surface area (Å²) in [6, 6.07) is 9.80. The van der Waals surface area contributed by atoms with E-state index in [9.17, 15) is 4.79 Å². The Balaban J connectivity index is 1.89. The van der Waals surface area contributed by atoms with E-state index in [1.165, 1.54) is 6.20 Å². The first kappa shape index (κ1) is 16.0. The van der Waals surface area contributed by atoms with Gasteiger partial charge in [0.15, 0.2) is 5.89 Å². The Hall–Kier alpha value is -2.89. The molecule has 0 radical (unpaired) electrons. The molecule has 0 aliphatic rings. The van der Waals surface area contributed by atoms with Crippen LogP contribution in [0.1, 0.15) is 42.2 Å². The second-order valence-corrected chi connectivity index (χ2v) is 5.43. The molecule has 2 heterocycles. The lowest BCUT2D eigenvalue weighted by Crippen LogP contribution is -2.14. The van der Waals surface area contributed by atoms with Crippen molar-refractivity contribution in [2.45, 2.75) is 33.1 Å². The van der Waals surface area contributed by atoms with Crippen LogP contribution in [0, 0.1) is 0 Å². The Morgan fingerprint density at radius 3 is 2.67 bits per heavy atom. The summed E-state index contributed by atoms with van der Waals surface area (Å²) >= 11 is 0. The van der Waals surface area contributed by atoms with E-state index in [0.29, 0.717) is 23.8 Å². The monoisotopic (exact) mass is 324 g/mol. The van der Waals surface area contributed by atoms with E-state index in [1.807, 2.05) is 41.9 Å². The van der Waals surface area contributed by atoms with Gasteiger partial charge in [-0.15, -0.1) is 0 Å². The van der Waals surface area contributed by atoms with Crippen LogP contribution >= 0.6 is 0 Å². The normalized spacial score (nSPS) is 10.8. The van der Waals surface area contributed by atoms with Crippen molar-refractivity contribution in [2.24, 2.45) is 0 Å². The van der Waals surface area contributed by atoms with Crippen LogP contribution in [0.15, 0.2) is 47.1 Å². The number of aromatic nitrogens is 3. The molecule has 0 atom stereocenters. The number of aryl methyl sites for hydroxylation is 1. The highest BCUT2D eigenvalue weighted by Crippen LogP contribution is 2.19. The lowest BCUT2D eigenvalue weighted by Gasteiger charge is -2.08. The maximum Gasteiger partial charge on any atom is 0.261 e. The van der Waals surface area contributed by atoms with Crippen molar-refractivity contribution in [1.29, 1.82) is 0 Å². The van der Waals surface area contributed by atoms with Gasteiger partial charge in [-0.05, 0) is 18.6 Å². The number of carbonyl (C=O) groups is 1. The first-order valence-electron chi connectivity index (χ1n) is 8.11. The molecule has 0 fully saturated rings. The Morgan fingerprint density at radius 1 is 1.21 bits per heavy atom. The highest BCUT2D eigenvalue weighted by Gasteiger charge is 2.19. The van der Waals surface area contributed by atoms with Gasteiger partial charge in [0.25, 0.3) is 5.91 Å². The number of carbonyl (C=O) groups excluding carboxylic acids is 1. The van der Waals surface area contributed by atoms with Crippen molar-refractivity contribution in [1.82, 2.24) is 14.8 Å². The van der Waals surface area contributed by atoms with E-state index in [4.69, 9.17) is 4.42 Å². The molecular formula is C18H20N4O2. The van der Waals surface area contributed by atoms with Crippen LogP contribution in [0.3, 0.4) is 0 Å². The lowest BCUT2D eigenvalue weighted by atomic mass is 10.1. The number of benzene rings is 1. The zero-order valence-corrected chi connectivity index (χ0v) is 13.8. The SMILES string of the molecule is CCCc1c(C(=O)Nc2cnc(CC)o2)cnn1-c1ccccc1. The summed E-state index contributed by atoms with van der Waals surface area (Å²) in [5, 5.41) is 7.15. The van der Waals surface area contributed by atoms with Crippen molar-refractivity contribution in [3.63, 3.8) is 0 Å². The third-order valence-electron chi connectivity index (χ3n) is 3.69. The number of hydrogen-bond donors (Lipinski definition) is 1. The summed E-state index contributed by atoms with van der Waals surface area (Å²) in [5.41, 5.74) is 2.37. The van der Waals surface area contributed by atoms with E-state index in [1.54, 1.807) is 6.20 Å². The second-order valence-electron chi connectivity index (χ2n) is 5.43. The van der Waals surface area contributed by atoms with Gasteiger partial charge in [-0.2, -0.15) is 5.10 Å². The molecule has 3 aromatic rings. The van der Waals surface area contributed by atoms with Gasteiger partial charge in [0.2, 0.25) is 5.88 Å². The molecule has 24 heavy (non-hydrogen) atoms. The fourth-order valence-electron chi connectivity index (χ4n) is 2.54. The number of oxazole rings is 1. The summed E-state index contributed by atoms with van der Waals surface area (Å²) in [7, 11) is 0. The van der Waals surface area contributed by atoms with Gasteiger partial charge in [0, 0.05) is 6.42 Å². The Morgan fingerprint density at radius 2 is 2.00 bits per heavy atom. The first-order valence-corrected chi connectivity index (χ1v) is 8.11. The molecule has 0 saturated heterocycles. The number of para-hydroxylation sites is 1. The van der Waals surface area contributed by atoms with E-state index in [0.717, 1.165) is 24.2 Å². The average molecular weight is 324 g/mol. The van der Waals surface area contributed by atoms with Crippen LogP contribution < -0.4 is 5.32 Å². The average Bonchev–Trinajstić information content (AvgIpc) is 3.23. The molecule has 0 aliphatic carbocycles. The second kappa shape index (κ2) is 7.12. The van der Waals surface area contributed by atoms with Gasteiger partial charge in [-0.25, -0.2) is 9.67 Å². The van der Waals surface area contributed by atoms with Crippen molar-refractivity contribution in [3.05, 3.63) is 59.9 Å². The molecule has 124 valence electrons. The summed E-state index contributed by atoms with van der Waals surface area (Å²) < 4.78 is 7.26. The van der Waals surface area contributed by atoms with Gasteiger partial charge >= 0.3 is 0 Å². The maximum absolute atomic E-state index is 12.6. The quantitative estimate of drug-likeness (QED) is 0.751. The minimum atomic E-state index is -0.237. The summed E-state index contributed by atoms with van der Waals surface area (Å²) in [5.74, 6) is 0.713. The molecule has 1 amide bonds. The van der Waals surface area contributed by atoms with Crippen molar-refractivity contribution >= 4 is 11.8 Å². The zero-order valence-electron chi connectivity index (χ0n) is 13.8. The molecule has 0 spiro atoms. The number of hydrogen-bond acceptors (Lipinski definition) is 4. The first-order chi connectivity index (χ1) is 11.7. The fraction of sp³-hybridized carbons (Fsp3) is 0.278. The van der Waals surface area contributed by atoms with Crippen molar-refractivity contribution in [3.8, 4) is 5.69 Å². The predicted octanol–water partition coefficient (Wildman–Crippen LogP) is 3.63. The van der Waals surface area contributed by atoms with Crippen LogP contribution in [-0.4, -0.2) is 20.7 Å². The Bertz CT molecular complexity index is 821. The minimum absolute atomic E-state index is 0.237. The summed E-state index contributed by atoms with van der Waals surface area (Å²) in [6.45, 7) is 4.02. The molecule has 0 unspecified atom stereocenters. The summed E-state index contributed by atoms with van der Waals surface area (Å²) in [6.07, 6.45) is 5.49. The highest BCUT2D eigenvalue weighted by molar-refractivity contribution is 6.04. The molecule has 3 rings (SSSR count). The topological polar surface area (TPSA) is 73.0 Å². The lowest BCUT2D eigenvalue weighted by molar-refractivity contribution is 0.102. The Kier molecular flexibility index (Phi) is 4.74. The molecular weight excluding hydrogens is 304 g/mol. The van der Waals surface area contributed by atoms with Crippen LogP contribution in [-0.2, 0) is 12.8 Å². The van der Waals surface area contributed by atoms with E-state index < -0.39 is 0 Å². The third-order valence-corrected chi connectivity index (χ3v) is 3.69. The molecule has 6 heteroatoms. The number of amides is 1. The van der Waals surface area contributed by atoms with Crippen LogP contribution in [0.4, 0.5) is 5.88 Å².